The van der Waals surface area contributed by atoms with Crippen LogP contribution in [0, 0.1) is 13.8 Å². The molecule has 0 bridgehead atoms. The number of anilines is 1. The largest absolute Gasteiger partial charge is 0.376 e. The van der Waals surface area contributed by atoms with Gasteiger partial charge in [-0.3, -0.25) is 4.79 Å². The van der Waals surface area contributed by atoms with Gasteiger partial charge < -0.3 is 20.3 Å². The minimum absolute atomic E-state index is 0.0441. The molecular formula is C18H25N3O3. The van der Waals surface area contributed by atoms with Crippen molar-refractivity contribution in [3.8, 4) is 0 Å². The second-order valence-corrected chi connectivity index (χ2v) is 6.66. The van der Waals surface area contributed by atoms with Gasteiger partial charge in [-0.1, -0.05) is 6.07 Å². The molecule has 2 N–H and O–H groups in total. The number of hydrogen-bond acceptors (Lipinski definition) is 3. The number of benzene rings is 1. The Hall–Kier alpha value is -2.08. The highest BCUT2D eigenvalue weighted by Crippen LogP contribution is 2.24. The molecule has 1 aromatic rings. The van der Waals surface area contributed by atoms with Crippen molar-refractivity contribution in [2.45, 2.75) is 45.3 Å². The number of ether oxygens (including phenoxy) is 1. The van der Waals surface area contributed by atoms with Gasteiger partial charge in [-0.05, 0) is 49.9 Å². The molecule has 0 saturated carbocycles. The molecular weight excluding hydrogens is 306 g/mol. The van der Waals surface area contributed by atoms with Crippen molar-refractivity contribution >= 4 is 17.6 Å². The van der Waals surface area contributed by atoms with E-state index in [0.717, 1.165) is 30.7 Å². The maximum atomic E-state index is 12.3. The van der Waals surface area contributed by atoms with Crippen LogP contribution in [0.25, 0.3) is 0 Å². The molecule has 0 unspecified atom stereocenters. The van der Waals surface area contributed by atoms with Crippen LogP contribution >= 0.6 is 0 Å². The summed E-state index contributed by atoms with van der Waals surface area (Å²) in [5.41, 5.74) is 3.26. The predicted octanol–water partition coefficient (Wildman–Crippen LogP) is 1.89. The summed E-state index contributed by atoms with van der Waals surface area (Å²) < 4.78 is 5.48. The number of urea groups is 1. The fraction of sp³-hybridized carbons (Fsp3) is 0.556. The van der Waals surface area contributed by atoms with Crippen LogP contribution in [0.1, 0.15) is 30.4 Å². The highest BCUT2D eigenvalue weighted by Gasteiger charge is 2.31. The predicted molar refractivity (Wildman–Crippen MR) is 92.2 cm³/mol. The Labute approximate surface area is 142 Å². The van der Waals surface area contributed by atoms with E-state index in [0.29, 0.717) is 19.5 Å². The maximum Gasteiger partial charge on any atom is 0.315 e. The Morgan fingerprint density at radius 3 is 2.88 bits per heavy atom. The van der Waals surface area contributed by atoms with Gasteiger partial charge in [0.25, 0.3) is 0 Å². The molecule has 2 heterocycles. The monoisotopic (exact) mass is 331 g/mol. The third-order valence-electron chi connectivity index (χ3n) is 4.78. The van der Waals surface area contributed by atoms with Gasteiger partial charge in [0.2, 0.25) is 5.91 Å². The molecule has 1 aromatic carbocycles. The smallest absolute Gasteiger partial charge is 0.315 e. The lowest BCUT2D eigenvalue weighted by Crippen LogP contribution is -2.45. The molecule has 0 aliphatic carbocycles. The minimum Gasteiger partial charge on any atom is -0.376 e. The first-order valence-electron chi connectivity index (χ1n) is 8.56. The second-order valence-electron chi connectivity index (χ2n) is 6.66. The molecule has 2 atom stereocenters. The highest BCUT2D eigenvalue weighted by atomic mass is 16.5. The third-order valence-corrected chi connectivity index (χ3v) is 4.78. The molecule has 2 aliphatic rings. The summed E-state index contributed by atoms with van der Waals surface area (Å²) in [4.78, 5) is 26.0. The Kier molecular flexibility index (Phi) is 5.04. The number of rotatable bonds is 4. The lowest BCUT2D eigenvalue weighted by atomic mass is 10.1. The number of amides is 3. The van der Waals surface area contributed by atoms with E-state index in [-0.39, 0.29) is 24.1 Å². The number of carbonyl (C=O) groups is 2. The molecule has 0 radical (unpaired) electrons. The zero-order valence-electron chi connectivity index (χ0n) is 14.3. The number of carbonyl (C=O) groups excluding carboxylic acids is 2. The zero-order valence-corrected chi connectivity index (χ0v) is 14.3. The van der Waals surface area contributed by atoms with E-state index < -0.39 is 0 Å². The summed E-state index contributed by atoms with van der Waals surface area (Å²) in [6, 6.07) is 5.61. The Morgan fingerprint density at radius 2 is 2.17 bits per heavy atom. The van der Waals surface area contributed by atoms with Gasteiger partial charge in [0.15, 0.2) is 0 Å². The van der Waals surface area contributed by atoms with E-state index >= 15 is 0 Å². The van der Waals surface area contributed by atoms with Crippen LogP contribution in [0.15, 0.2) is 18.2 Å². The van der Waals surface area contributed by atoms with Crippen molar-refractivity contribution in [1.82, 2.24) is 10.6 Å². The van der Waals surface area contributed by atoms with Crippen molar-refractivity contribution in [3.05, 3.63) is 29.3 Å². The van der Waals surface area contributed by atoms with E-state index in [2.05, 4.69) is 10.6 Å². The van der Waals surface area contributed by atoms with Crippen LogP contribution in [-0.2, 0) is 9.53 Å². The maximum absolute atomic E-state index is 12.3. The average molecular weight is 331 g/mol. The summed E-state index contributed by atoms with van der Waals surface area (Å²) in [5, 5.41) is 5.72. The van der Waals surface area contributed by atoms with E-state index in [1.807, 2.05) is 32.0 Å². The first-order valence-corrected chi connectivity index (χ1v) is 8.56. The minimum atomic E-state index is -0.231. The fourth-order valence-electron chi connectivity index (χ4n) is 3.20. The normalized spacial score (nSPS) is 23.6. The van der Waals surface area contributed by atoms with Gasteiger partial charge in [-0.25, -0.2) is 4.79 Å². The molecule has 2 aliphatic heterocycles. The molecule has 6 heteroatoms. The van der Waals surface area contributed by atoms with Crippen LogP contribution in [0.2, 0.25) is 0 Å². The van der Waals surface area contributed by atoms with Crippen LogP contribution < -0.4 is 15.5 Å². The Bertz CT molecular complexity index is 626. The van der Waals surface area contributed by atoms with Crippen molar-refractivity contribution in [2.24, 2.45) is 0 Å². The van der Waals surface area contributed by atoms with Gasteiger partial charge >= 0.3 is 6.03 Å². The van der Waals surface area contributed by atoms with Crippen LogP contribution in [0.3, 0.4) is 0 Å². The molecule has 3 amide bonds. The number of aryl methyl sites for hydroxylation is 2. The van der Waals surface area contributed by atoms with E-state index in [1.165, 1.54) is 5.56 Å². The molecule has 2 saturated heterocycles. The topological polar surface area (TPSA) is 70.7 Å². The van der Waals surface area contributed by atoms with Crippen molar-refractivity contribution in [1.29, 1.82) is 0 Å². The lowest BCUT2D eigenvalue weighted by molar-refractivity contribution is -0.117. The molecule has 0 spiro atoms. The SMILES string of the molecule is Cc1ccc(N2C[C@H](NC(=O)NC[C@@H]3CCCO3)CC2=O)cc1C. The molecule has 6 nitrogen and oxygen atoms in total. The molecule has 2 fully saturated rings. The Balaban J connectivity index is 1.52. The van der Waals surface area contributed by atoms with Gasteiger partial charge in [0, 0.05) is 31.8 Å². The Morgan fingerprint density at radius 1 is 1.33 bits per heavy atom. The summed E-state index contributed by atoms with van der Waals surface area (Å²) in [6.45, 7) is 5.89. The third kappa shape index (κ3) is 3.87. The standard InChI is InChI=1S/C18H25N3O3/c1-12-5-6-15(8-13(12)2)21-11-14(9-17(21)22)20-18(23)19-10-16-4-3-7-24-16/h5-6,8,14,16H,3-4,7,9-11H2,1-2H3,(H2,19,20,23)/t14-,16+/m1/s1. The van der Waals surface area contributed by atoms with Gasteiger partial charge in [0.1, 0.15) is 0 Å². The summed E-state index contributed by atoms with van der Waals surface area (Å²) >= 11 is 0. The van der Waals surface area contributed by atoms with Crippen molar-refractivity contribution < 1.29 is 14.3 Å². The zero-order chi connectivity index (χ0) is 17.1. The first-order chi connectivity index (χ1) is 11.5. The summed E-state index contributed by atoms with van der Waals surface area (Å²) in [6.07, 6.45) is 2.49. The van der Waals surface area contributed by atoms with E-state index in [4.69, 9.17) is 4.74 Å². The summed E-state index contributed by atoms with van der Waals surface area (Å²) in [7, 11) is 0. The summed E-state index contributed by atoms with van der Waals surface area (Å²) in [5.74, 6) is 0.0441. The van der Waals surface area contributed by atoms with E-state index in [9.17, 15) is 9.59 Å². The molecule has 24 heavy (non-hydrogen) atoms. The first kappa shape index (κ1) is 16.8. The van der Waals surface area contributed by atoms with Gasteiger partial charge in [-0.15, -0.1) is 0 Å². The second kappa shape index (κ2) is 7.21. The van der Waals surface area contributed by atoms with Gasteiger partial charge in [0.05, 0.1) is 12.1 Å². The van der Waals surface area contributed by atoms with E-state index in [1.54, 1.807) is 4.90 Å². The number of hydrogen-bond donors (Lipinski definition) is 2. The van der Waals surface area contributed by atoms with Gasteiger partial charge in [-0.2, -0.15) is 0 Å². The van der Waals surface area contributed by atoms with Crippen molar-refractivity contribution in [3.63, 3.8) is 0 Å². The van der Waals surface area contributed by atoms with Crippen LogP contribution in [-0.4, -0.2) is 43.8 Å². The quantitative estimate of drug-likeness (QED) is 0.885. The molecule has 0 aromatic heterocycles. The number of nitrogens with one attached hydrogen (secondary N) is 2. The number of nitrogens with zero attached hydrogens (tertiary/aromatic N) is 1. The van der Waals surface area contributed by atoms with Crippen LogP contribution in [0.4, 0.5) is 10.5 Å². The van der Waals surface area contributed by atoms with Crippen molar-refractivity contribution in [2.75, 3.05) is 24.6 Å². The van der Waals surface area contributed by atoms with Crippen LogP contribution in [0.5, 0.6) is 0 Å². The molecule has 3 rings (SSSR count). The highest BCUT2D eigenvalue weighted by molar-refractivity contribution is 5.96. The average Bonchev–Trinajstić information content (AvgIpc) is 3.18. The fourth-order valence-corrected chi connectivity index (χ4v) is 3.20. The molecule has 130 valence electrons. The lowest BCUT2D eigenvalue weighted by Gasteiger charge is -2.19.